The molecule has 1 saturated heterocycles. The average Bonchev–Trinajstić information content (AvgIpc) is 3.34. The molecule has 1 saturated carbocycles. The number of morpholine rings is 1. The first kappa shape index (κ1) is 19.2. The first-order chi connectivity index (χ1) is 14.7. The Morgan fingerprint density at radius 1 is 1.03 bits per heavy atom. The van der Waals surface area contributed by atoms with Gasteiger partial charge in [-0.25, -0.2) is 4.98 Å². The van der Waals surface area contributed by atoms with Crippen LogP contribution in [0.25, 0.3) is 11.0 Å². The summed E-state index contributed by atoms with van der Waals surface area (Å²) in [6.07, 6.45) is 6.67. The van der Waals surface area contributed by atoms with Gasteiger partial charge in [0.1, 0.15) is 5.52 Å². The maximum atomic E-state index is 5.50. The summed E-state index contributed by atoms with van der Waals surface area (Å²) in [6, 6.07) is 3.07. The van der Waals surface area contributed by atoms with E-state index in [2.05, 4.69) is 40.5 Å². The number of tetrazole rings is 1. The lowest BCUT2D eigenvalue weighted by atomic mass is 9.90. The Kier molecular flexibility index (Phi) is 5.21. The molecule has 2 aliphatic rings. The number of fused-ring (bicyclic) bond motifs is 1. The van der Waals surface area contributed by atoms with Gasteiger partial charge in [0.15, 0.2) is 5.82 Å². The quantitative estimate of drug-likeness (QED) is 0.640. The minimum Gasteiger partial charge on any atom is -0.379 e. The van der Waals surface area contributed by atoms with E-state index in [-0.39, 0.29) is 0 Å². The molecule has 1 aliphatic heterocycles. The smallest absolute Gasteiger partial charge is 0.270 e. The van der Waals surface area contributed by atoms with Crippen LogP contribution < -0.4 is 10.6 Å². The van der Waals surface area contributed by atoms with E-state index in [9.17, 15) is 0 Å². The molecule has 3 aromatic rings. The number of aryl methyl sites for hydroxylation is 2. The van der Waals surface area contributed by atoms with E-state index in [4.69, 9.17) is 9.72 Å². The van der Waals surface area contributed by atoms with Gasteiger partial charge in [0.2, 0.25) is 5.95 Å². The van der Waals surface area contributed by atoms with Crippen molar-refractivity contribution in [2.24, 2.45) is 14.1 Å². The third-order valence-electron chi connectivity index (χ3n) is 6.05. The van der Waals surface area contributed by atoms with E-state index in [0.29, 0.717) is 24.0 Å². The monoisotopic (exact) mass is 412 g/mol. The molecule has 0 aromatic carbocycles. The molecular weight excluding hydrogens is 384 g/mol. The number of nitrogens with one attached hydrogen (secondary N) is 2. The Morgan fingerprint density at radius 2 is 1.83 bits per heavy atom. The van der Waals surface area contributed by atoms with Gasteiger partial charge in [0, 0.05) is 38.4 Å². The zero-order chi connectivity index (χ0) is 20.5. The van der Waals surface area contributed by atoms with E-state index < -0.39 is 0 Å². The van der Waals surface area contributed by atoms with Gasteiger partial charge in [-0.15, -0.1) is 5.10 Å². The average molecular weight is 413 g/mol. The van der Waals surface area contributed by atoms with Crippen LogP contribution in [0, 0.1) is 0 Å². The molecule has 3 aromatic heterocycles. The van der Waals surface area contributed by atoms with Crippen LogP contribution in [-0.2, 0) is 18.8 Å². The molecule has 160 valence electrons. The third kappa shape index (κ3) is 3.94. The zero-order valence-electron chi connectivity index (χ0n) is 17.5. The van der Waals surface area contributed by atoms with Crippen molar-refractivity contribution in [1.29, 1.82) is 0 Å². The normalized spacial score (nSPS) is 23.0. The zero-order valence-corrected chi connectivity index (χ0v) is 17.5. The number of rotatable bonds is 5. The number of anilines is 3. The molecule has 0 bridgehead atoms. The standard InChI is InChI=1S/C19H28N10O/c1-27-8-7-15-16(27)17(22-18(21-15)23-19-24-26-28(2)25-19)20-13-3-5-14(6-4-13)29-9-11-30-12-10-29/h7-8,13-14H,3-6,9-12H2,1-2H3,(H2,20,21,22,23,25). The van der Waals surface area contributed by atoms with Crippen molar-refractivity contribution in [2.75, 3.05) is 36.9 Å². The Balaban J connectivity index is 1.31. The molecule has 11 heteroatoms. The number of aromatic nitrogens is 7. The van der Waals surface area contributed by atoms with Gasteiger partial charge in [-0.3, -0.25) is 10.2 Å². The molecule has 4 heterocycles. The van der Waals surface area contributed by atoms with E-state index in [0.717, 1.165) is 56.0 Å². The van der Waals surface area contributed by atoms with Gasteiger partial charge < -0.3 is 14.6 Å². The maximum absolute atomic E-state index is 5.50. The molecular formula is C19H28N10O. The molecule has 11 nitrogen and oxygen atoms in total. The third-order valence-corrected chi connectivity index (χ3v) is 6.05. The molecule has 0 atom stereocenters. The second-order valence-corrected chi connectivity index (χ2v) is 8.08. The fourth-order valence-electron chi connectivity index (χ4n) is 4.51. The van der Waals surface area contributed by atoms with Crippen molar-refractivity contribution in [3.05, 3.63) is 12.3 Å². The lowest BCUT2D eigenvalue weighted by Gasteiger charge is -2.39. The maximum Gasteiger partial charge on any atom is 0.270 e. The van der Waals surface area contributed by atoms with E-state index in [1.807, 2.05) is 19.3 Å². The van der Waals surface area contributed by atoms with Crippen LogP contribution in [0.15, 0.2) is 12.3 Å². The molecule has 2 fully saturated rings. The lowest BCUT2D eigenvalue weighted by Crippen LogP contribution is -2.46. The molecule has 1 aliphatic carbocycles. The molecule has 2 N–H and O–H groups in total. The predicted molar refractivity (Wildman–Crippen MR) is 113 cm³/mol. The van der Waals surface area contributed by atoms with Gasteiger partial charge in [0.25, 0.3) is 5.95 Å². The van der Waals surface area contributed by atoms with Crippen molar-refractivity contribution in [1.82, 2.24) is 39.6 Å². The van der Waals surface area contributed by atoms with Crippen molar-refractivity contribution in [3.63, 3.8) is 0 Å². The van der Waals surface area contributed by atoms with E-state index in [1.165, 1.54) is 17.6 Å². The van der Waals surface area contributed by atoms with Crippen LogP contribution in [0.3, 0.4) is 0 Å². The largest absolute Gasteiger partial charge is 0.379 e. The molecule has 0 radical (unpaired) electrons. The van der Waals surface area contributed by atoms with Crippen LogP contribution in [0.2, 0.25) is 0 Å². The highest BCUT2D eigenvalue weighted by atomic mass is 16.5. The summed E-state index contributed by atoms with van der Waals surface area (Å²) < 4.78 is 7.56. The van der Waals surface area contributed by atoms with Crippen molar-refractivity contribution < 1.29 is 4.74 Å². The first-order valence-electron chi connectivity index (χ1n) is 10.6. The summed E-state index contributed by atoms with van der Waals surface area (Å²) >= 11 is 0. The second-order valence-electron chi connectivity index (χ2n) is 8.08. The predicted octanol–water partition coefficient (Wildman–Crippen LogP) is 1.29. The van der Waals surface area contributed by atoms with Gasteiger partial charge in [-0.05, 0) is 37.0 Å². The van der Waals surface area contributed by atoms with Gasteiger partial charge >= 0.3 is 0 Å². The van der Waals surface area contributed by atoms with Gasteiger partial charge in [0.05, 0.1) is 25.8 Å². The molecule has 30 heavy (non-hydrogen) atoms. The van der Waals surface area contributed by atoms with Crippen LogP contribution >= 0.6 is 0 Å². The van der Waals surface area contributed by atoms with Crippen molar-refractivity contribution in [2.45, 2.75) is 37.8 Å². The van der Waals surface area contributed by atoms with Crippen molar-refractivity contribution in [3.8, 4) is 0 Å². The first-order valence-corrected chi connectivity index (χ1v) is 10.6. The van der Waals surface area contributed by atoms with E-state index >= 15 is 0 Å². The number of nitrogens with zero attached hydrogens (tertiary/aromatic N) is 8. The van der Waals surface area contributed by atoms with Crippen LogP contribution in [-0.4, -0.2) is 78.0 Å². The summed E-state index contributed by atoms with van der Waals surface area (Å²) in [5.41, 5.74) is 1.88. The number of hydrogen-bond acceptors (Lipinski definition) is 9. The fourth-order valence-corrected chi connectivity index (χ4v) is 4.51. The summed E-state index contributed by atoms with van der Waals surface area (Å²) in [6.45, 7) is 3.84. The number of hydrogen-bond donors (Lipinski definition) is 2. The van der Waals surface area contributed by atoms with Gasteiger partial charge in [-0.2, -0.15) is 9.78 Å². The van der Waals surface area contributed by atoms with E-state index in [1.54, 1.807) is 7.05 Å². The highest BCUT2D eigenvalue weighted by Crippen LogP contribution is 2.29. The summed E-state index contributed by atoms with van der Waals surface area (Å²) in [5, 5.41) is 18.7. The highest BCUT2D eigenvalue weighted by Gasteiger charge is 2.27. The van der Waals surface area contributed by atoms with Crippen LogP contribution in [0.5, 0.6) is 0 Å². The second kappa shape index (κ2) is 8.15. The SMILES string of the molecule is Cn1nnc(Nc2nc(NC3CCC(N4CCOCC4)CC3)c3c(ccn3C)n2)n1. The van der Waals surface area contributed by atoms with Crippen LogP contribution in [0.1, 0.15) is 25.7 Å². The Hall–Kier alpha value is -2.79. The van der Waals surface area contributed by atoms with Crippen molar-refractivity contribution >= 4 is 28.7 Å². The Morgan fingerprint density at radius 3 is 2.57 bits per heavy atom. The van der Waals surface area contributed by atoms with Gasteiger partial charge in [-0.1, -0.05) is 5.10 Å². The van der Waals surface area contributed by atoms with Crippen LogP contribution in [0.4, 0.5) is 17.7 Å². The Bertz CT molecular complexity index is 1000. The summed E-state index contributed by atoms with van der Waals surface area (Å²) in [7, 11) is 3.74. The summed E-state index contributed by atoms with van der Waals surface area (Å²) in [4.78, 5) is 13.3. The topological polar surface area (TPSA) is 111 Å². The Labute approximate surface area is 174 Å². The molecule has 0 spiro atoms. The molecule has 5 rings (SSSR count). The lowest BCUT2D eigenvalue weighted by molar-refractivity contribution is 0.00791. The molecule has 0 unspecified atom stereocenters. The molecule has 0 amide bonds. The highest BCUT2D eigenvalue weighted by molar-refractivity contribution is 5.88. The minimum absolute atomic E-state index is 0.379. The minimum atomic E-state index is 0.379. The fraction of sp³-hybridized carbons (Fsp3) is 0.632. The summed E-state index contributed by atoms with van der Waals surface area (Å²) in [5.74, 6) is 1.68. The number of ether oxygens (including phenoxy) is 1.